The highest BCUT2D eigenvalue weighted by molar-refractivity contribution is 6.06. The van der Waals surface area contributed by atoms with Crippen LogP contribution in [0.2, 0.25) is 0 Å². The number of nitrogens with zero attached hydrogens (tertiary/aromatic N) is 4. The number of carbonyl (C=O) groups excluding carboxylic acids is 1. The van der Waals surface area contributed by atoms with Crippen LogP contribution in [0.4, 0.5) is 0 Å². The number of hydrogen-bond donors (Lipinski definition) is 3. The molecule has 1 atom stereocenters. The summed E-state index contributed by atoms with van der Waals surface area (Å²) in [5.74, 6) is -0.227. The second-order valence-electron chi connectivity index (χ2n) is 10.4. The molecule has 198 valence electrons. The summed E-state index contributed by atoms with van der Waals surface area (Å²) < 4.78 is 0. The Bertz CT molecular complexity index is 1520. The van der Waals surface area contributed by atoms with Crippen molar-refractivity contribution < 1.29 is 9.90 Å². The summed E-state index contributed by atoms with van der Waals surface area (Å²) in [6.07, 6.45) is 9.94. The molecule has 39 heavy (non-hydrogen) atoms. The van der Waals surface area contributed by atoms with E-state index in [1.54, 1.807) is 0 Å². The zero-order valence-electron chi connectivity index (χ0n) is 21.8. The van der Waals surface area contributed by atoms with E-state index in [0.29, 0.717) is 12.2 Å². The molecule has 0 saturated carbocycles. The molecule has 2 aliphatic rings. The maximum atomic E-state index is 13.3. The van der Waals surface area contributed by atoms with E-state index in [1.807, 2.05) is 55.0 Å². The second-order valence-corrected chi connectivity index (χ2v) is 10.4. The largest absolute Gasteiger partial charge is 0.393 e. The van der Waals surface area contributed by atoms with E-state index < -0.39 is 0 Å². The van der Waals surface area contributed by atoms with Gasteiger partial charge in [0.25, 0.3) is 5.91 Å². The number of H-pyrrole nitrogens is 1. The highest BCUT2D eigenvalue weighted by Crippen LogP contribution is 2.26. The summed E-state index contributed by atoms with van der Waals surface area (Å²) in [7, 11) is 0. The number of likely N-dealkylation sites (tertiary alicyclic amines) is 1. The minimum absolute atomic E-state index is 0.183. The summed E-state index contributed by atoms with van der Waals surface area (Å²) in [4.78, 5) is 24.6. The number of aliphatic hydroxyl groups is 1. The van der Waals surface area contributed by atoms with Crippen LogP contribution in [0.25, 0.3) is 22.0 Å². The van der Waals surface area contributed by atoms with Crippen molar-refractivity contribution in [2.24, 2.45) is 4.99 Å². The van der Waals surface area contributed by atoms with Crippen molar-refractivity contribution >= 4 is 23.0 Å². The number of carbonyl (C=O) groups is 1. The number of piperidine rings is 1. The van der Waals surface area contributed by atoms with Gasteiger partial charge in [-0.1, -0.05) is 42.5 Å². The standard InChI is InChI=1S/C31H32N6O2/c38-27-8-10-37(11-9-27)20-23-13-25(18-32-17-23)24-6-7-29-28(15-24)30(36-35-29)31(39)34-26-14-22(16-33-19-26)12-21-4-2-1-3-5-21/h1-7,13-18,26-27,38H,8-12,19-20H2,(H,34,39)(H,35,36). The first-order valence-corrected chi connectivity index (χ1v) is 13.5. The van der Waals surface area contributed by atoms with Crippen molar-refractivity contribution in [1.82, 2.24) is 25.4 Å². The van der Waals surface area contributed by atoms with Crippen LogP contribution in [-0.4, -0.2) is 69.1 Å². The number of allylic oxidation sites excluding steroid dienone is 1. The molecule has 2 aromatic heterocycles. The number of rotatable bonds is 7. The van der Waals surface area contributed by atoms with Gasteiger partial charge < -0.3 is 10.4 Å². The number of hydrogen-bond acceptors (Lipinski definition) is 6. The van der Waals surface area contributed by atoms with E-state index in [-0.39, 0.29) is 18.1 Å². The first-order chi connectivity index (χ1) is 19.1. The average Bonchev–Trinajstić information content (AvgIpc) is 3.39. The first-order valence-electron chi connectivity index (χ1n) is 13.5. The van der Waals surface area contributed by atoms with Crippen molar-refractivity contribution in [3.05, 3.63) is 95.5 Å². The van der Waals surface area contributed by atoms with Gasteiger partial charge in [0.1, 0.15) is 0 Å². The number of aliphatic imine (C=N–C) groups is 1. The fourth-order valence-corrected chi connectivity index (χ4v) is 5.33. The number of dihydropyridines is 1. The second kappa shape index (κ2) is 11.3. The Hall–Kier alpha value is -4.14. The van der Waals surface area contributed by atoms with Crippen molar-refractivity contribution in [1.29, 1.82) is 0 Å². The van der Waals surface area contributed by atoms with E-state index in [9.17, 15) is 9.90 Å². The molecule has 6 rings (SSSR count). The summed E-state index contributed by atoms with van der Waals surface area (Å²) in [5.41, 5.74) is 6.58. The number of aliphatic hydroxyl groups excluding tert-OH is 1. The lowest BCUT2D eigenvalue weighted by Gasteiger charge is -2.29. The fourth-order valence-electron chi connectivity index (χ4n) is 5.33. The van der Waals surface area contributed by atoms with Gasteiger partial charge in [0.2, 0.25) is 0 Å². The third-order valence-electron chi connectivity index (χ3n) is 7.41. The normalized spacial score (nSPS) is 18.3. The number of benzene rings is 2. The lowest BCUT2D eigenvalue weighted by atomic mass is 10.0. The molecule has 1 fully saturated rings. The summed E-state index contributed by atoms with van der Waals surface area (Å²) in [6.45, 7) is 3.09. The molecule has 1 saturated heterocycles. The number of pyridine rings is 1. The number of nitrogens with one attached hydrogen (secondary N) is 2. The number of amides is 1. The Balaban J connectivity index is 1.17. The van der Waals surface area contributed by atoms with Gasteiger partial charge in [-0.3, -0.25) is 24.8 Å². The highest BCUT2D eigenvalue weighted by Gasteiger charge is 2.20. The molecule has 1 unspecified atom stereocenters. The Morgan fingerprint density at radius 2 is 1.87 bits per heavy atom. The van der Waals surface area contributed by atoms with Crippen LogP contribution in [0.3, 0.4) is 0 Å². The molecular weight excluding hydrogens is 488 g/mol. The molecule has 0 aliphatic carbocycles. The summed E-state index contributed by atoms with van der Waals surface area (Å²) in [6, 6.07) is 18.2. The molecule has 3 N–H and O–H groups in total. The molecule has 2 aromatic carbocycles. The van der Waals surface area contributed by atoms with E-state index >= 15 is 0 Å². The third-order valence-corrected chi connectivity index (χ3v) is 7.41. The Labute approximate surface area is 227 Å². The van der Waals surface area contributed by atoms with Gasteiger partial charge in [0.05, 0.1) is 24.2 Å². The van der Waals surface area contributed by atoms with E-state index in [2.05, 4.69) is 54.7 Å². The van der Waals surface area contributed by atoms with Crippen molar-refractivity contribution in [3.63, 3.8) is 0 Å². The van der Waals surface area contributed by atoms with Gasteiger partial charge in [0, 0.05) is 49.2 Å². The molecule has 2 aliphatic heterocycles. The monoisotopic (exact) mass is 520 g/mol. The van der Waals surface area contributed by atoms with Gasteiger partial charge in [-0.2, -0.15) is 5.10 Å². The minimum atomic E-state index is -0.227. The maximum Gasteiger partial charge on any atom is 0.272 e. The van der Waals surface area contributed by atoms with Gasteiger partial charge in [-0.05, 0) is 59.7 Å². The van der Waals surface area contributed by atoms with Gasteiger partial charge in [-0.15, -0.1) is 0 Å². The highest BCUT2D eigenvalue weighted by atomic mass is 16.3. The van der Waals surface area contributed by atoms with Crippen LogP contribution in [-0.2, 0) is 13.0 Å². The quantitative estimate of drug-likeness (QED) is 0.342. The van der Waals surface area contributed by atoms with Crippen molar-refractivity contribution in [2.45, 2.75) is 38.0 Å². The predicted molar refractivity (Wildman–Crippen MR) is 153 cm³/mol. The molecule has 0 bridgehead atoms. The summed E-state index contributed by atoms with van der Waals surface area (Å²) >= 11 is 0. The third kappa shape index (κ3) is 5.97. The maximum absolute atomic E-state index is 13.3. The Kier molecular flexibility index (Phi) is 7.29. The molecule has 4 heterocycles. The van der Waals surface area contributed by atoms with E-state index in [4.69, 9.17) is 0 Å². The van der Waals surface area contributed by atoms with Crippen LogP contribution >= 0.6 is 0 Å². The van der Waals surface area contributed by atoms with E-state index in [0.717, 1.165) is 72.1 Å². The zero-order valence-corrected chi connectivity index (χ0v) is 21.8. The van der Waals surface area contributed by atoms with Crippen LogP contribution in [0.15, 0.2) is 83.6 Å². The molecule has 8 heteroatoms. The van der Waals surface area contributed by atoms with E-state index in [1.165, 1.54) is 5.56 Å². The summed E-state index contributed by atoms with van der Waals surface area (Å²) in [5, 5.41) is 21.0. The number of fused-ring (bicyclic) bond motifs is 1. The lowest BCUT2D eigenvalue weighted by molar-refractivity contribution is 0.0792. The van der Waals surface area contributed by atoms with Crippen LogP contribution in [0.5, 0.6) is 0 Å². The molecule has 1 amide bonds. The number of aromatic nitrogens is 3. The topological polar surface area (TPSA) is 106 Å². The smallest absolute Gasteiger partial charge is 0.272 e. The average molecular weight is 521 g/mol. The molecule has 4 aromatic rings. The molecule has 0 spiro atoms. The van der Waals surface area contributed by atoms with Crippen LogP contribution < -0.4 is 5.32 Å². The SMILES string of the molecule is O=C(NC1C=C(Cc2ccccc2)C=NC1)c1n[nH]c2ccc(-c3cncc(CN4CCC(O)CC4)c3)cc12. The lowest BCUT2D eigenvalue weighted by Crippen LogP contribution is -2.37. The fraction of sp³-hybridized carbons (Fsp3) is 0.290. The van der Waals surface area contributed by atoms with Crippen LogP contribution in [0, 0.1) is 0 Å². The Morgan fingerprint density at radius 1 is 1.03 bits per heavy atom. The predicted octanol–water partition coefficient (Wildman–Crippen LogP) is 3.93. The molecule has 8 nitrogen and oxygen atoms in total. The first kappa shape index (κ1) is 25.2. The van der Waals surface area contributed by atoms with Gasteiger partial charge >= 0.3 is 0 Å². The zero-order chi connectivity index (χ0) is 26.6. The number of aromatic amines is 1. The van der Waals surface area contributed by atoms with Crippen molar-refractivity contribution in [3.8, 4) is 11.1 Å². The molecular formula is C31H32N6O2. The molecule has 0 radical (unpaired) electrons. The Morgan fingerprint density at radius 3 is 2.72 bits per heavy atom. The van der Waals surface area contributed by atoms with Gasteiger partial charge in [0.15, 0.2) is 5.69 Å². The van der Waals surface area contributed by atoms with Crippen molar-refractivity contribution in [2.75, 3.05) is 19.6 Å². The minimum Gasteiger partial charge on any atom is -0.393 e. The van der Waals surface area contributed by atoms with Crippen LogP contribution in [0.1, 0.15) is 34.5 Å². The van der Waals surface area contributed by atoms with Gasteiger partial charge in [-0.25, -0.2) is 0 Å².